The predicted octanol–water partition coefficient (Wildman–Crippen LogP) is 9.99. The fourth-order valence-electron chi connectivity index (χ4n) is 6.75. The van der Waals surface area contributed by atoms with E-state index in [-0.39, 0.29) is 0 Å². The molecule has 2 nitrogen and oxygen atoms in total. The minimum atomic E-state index is -0.687. The highest BCUT2D eigenvalue weighted by Gasteiger charge is 2.29. The summed E-state index contributed by atoms with van der Waals surface area (Å²) in [5, 5.41) is 5.57. The summed E-state index contributed by atoms with van der Waals surface area (Å²) in [5.41, 5.74) is 2.79. The van der Waals surface area contributed by atoms with Gasteiger partial charge in [0.15, 0.2) is 0 Å². The number of unbranched alkanes of at least 4 members (excludes halogenated alkanes) is 1. The van der Waals surface area contributed by atoms with Gasteiger partial charge in [0.2, 0.25) is 0 Å². The molecule has 6 aromatic carbocycles. The van der Waals surface area contributed by atoms with Gasteiger partial charge in [-0.15, -0.1) is 0 Å². The van der Waals surface area contributed by atoms with E-state index in [1.807, 2.05) is 0 Å². The molecule has 0 radical (unpaired) electrons. The molecule has 0 N–H and O–H groups in total. The summed E-state index contributed by atoms with van der Waals surface area (Å²) in [5.74, 6) is 0. The summed E-state index contributed by atoms with van der Waals surface area (Å²) in [4.78, 5) is 0. The third-order valence-electron chi connectivity index (χ3n) is 9.11. The van der Waals surface area contributed by atoms with E-state index in [1.165, 1.54) is 32.3 Å². The smallest absolute Gasteiger partial charge is 0.0387 e. The van der Waals surface area contributed by atoms with Crippen molar-refractivity contribution >= 4 is 37.4 Å². The van der Waals surface area contributed by atoms with E-state index >= 15 is 0 Å². The van der Waals surface area contributed by atoms with E-state index in [0.717, 1.165) is 25.7 Å². The van der Waals surface area contributed by atoms with Gasteiger partial charge in [-0.25, -0.2) is 0 Å². The fourth-order valence-corrected chi connectivity index (χ4v) is 11.7. The van der Waals surface area contributed by atoms with Crippen LogP contribution in [0.5, 0.6) is 0 Å². The van der Waals surface area contributed by atoms with Gasteiger partial charge in [0.1, 0.15) is 0 Å². The maximum atomic E-state index is 2.67. The van der Waals surface area contributed by atoms with Crippen LogP contribution in [0.3, 0.4) is 0 Å². The fraction of sp³-hybridized carbons (Fsp3) is 0.182. The van der Waals surface area contributed by atoms with Crippen LogP contribution in [0.2, 0.25) is 0 Å². The van der Waals surface area contributed by atoms with Crippen molar-refractivity contribution in [1.82, 2.24) is 9.34 Å². The molecule has 0 aliphatic rings. The molecule has 6 aromatic rings. The molecule has 0 aliphatic carbocycles. The first-order valence-corrected chi connectivity index (χ1v) is 19.7. The van der Waals surface area contributed by atoms with Gasteiger partial charge in [-0.3, -0.25) is 9.34 Å². The molecule has 0 bridgehead atoms. The molecule has 0 fully saturated rings. The summed E-state index contributed by atoms with van der Waals surface area (Å²) < 4.78 is 5.33. The monoisotopic (exact) mass is 664 g/mol. The number of nitrogens with zero attached hydrogens (tertiary/aromatic N) is 2. The third kappa shape index (κ3) is 8.57. The van der Waals surface area contributed by atoms with Crippen LogP contribution in [0.1, 0.15) is 48.9 Å². The first-order chi connectivity index (χ1) is 23.7. The van der Waals surface area contributed by atoms with Crippen LogP contribution in [-0.4, -0.2) is 23.4 Å². The Hall–Kier alpha value is -3.90. The largest absolute Gasteiger partial charge is 0.270 e. The summed E-state index contributed by atoms with van der Waals surface area (Å²) in [6.45, 7) is 0. The summed E-state index contributed by atoms with van der Waals surface area (Å²) >= 11 is 0. The van der Waals surface area contributed by atoms with Gasteiger partial charge in [-0.05, 0) is 59.3 Å². The van der Waals surface area contributed by atoms with Crippen molar-refractivity contribution in [1.29, 1.82) is 0 Å². The second-order valence-electron chi connectivity index (χ2n) is 12.3. The first-order valence-electron chi connectivity index (χ1n) is 17.1. The Balaban J connectivity index is 1.25. The van der Waals surface area contributed by atoms with Gasteiger partial charge >= 0.3 is 0 Å². The molecule has 4 heteroatoms. The molecular formula is C44H46N2P2. The van der Waals surface area contributed by atoms with Gasteiger partial charge in [0.05, 0.1) is 0 Å². The Morgan fingerprint density at radius 3 is 0.833 bits per heavy atom. The highest BCUT2D eigenvalue weighted by Crippen LogP contribution is 2.47. The number of rotatable bonds is 15. The van der Waals surface area contributed by atoms with Gasteiger partial charge < -0.3 is 0 Å². The van der Waals surface area contributed by atoms with Crippen LogP contribution < -0.4 is 21.2 Å². The van der Waals surface area contributed by atoms with Crippen LogP contribution in [0.25, 0.3) is 0 Å². The molecule has 0 saturated heterocycles. The zero-order valence-electron chi connectivity index (χ0n) is 28.1. The third-order valence-corrected chi connectivity index (χ3v) is 14.1. The van der Waals surface area contributed by atoms with E-state index in [1.54, 1.807) is 0 Å². The lowest BCUT2D eigenvalue weighted by atomic mass is 9.97. The van der Waals surface area contributed by atoms with Crippen molar-refractivity contribution in [2.24, 2.45) is 0 Å². The number of benzene rings is 6. The van der Waals surface area contributed by atoms with Crippen molar-refractivity contribution in [2.75, 3.05) is 14.1 Å². The lowest BCUT2D eigenvalue weighted by molar-refractivity contribution is 0.344. The minimum Gasteiger partial charge on any atom is -0.270 e. The van der Waals surface area contributed by atoms with Crippen molar-refractivity contribution in [3.05, 3.63) is 193 Å². The molecule has 48 heavy (non-hydrogen) atoms. The Morgan fingerprint density at radius 1 is 0.354 bits per heavy atom. The zero-order valence-corrected chi connectivity index (χ0v) is 29.9. The van der Waals surface area contributed by atoms with Crippen LogP contribution in [0.4, 0.5) is 0 Å². The van der Waals surface area contributed by atoms with Crippen molar-refractivity contribution < 1.29 is 0 Å². The zero-order chi connectivity index (χ0) is 33.0. The van der Waals surface area contributed by atoms with E-state index in [4.69, 9.17) is 0 Å². The minimum absolute atomic E-state index is 0.316. The molecule has 2 unspecified atom stereocenters. The van der Waals surface area contributed by atoms with Crippen LogP contribution in [0.15, 0.2) is 182 Å². The lowest BCUT2D eigenvalue weighted by Gasteiger charge is -2.37. The van der Waals surface area contributed by atoms with Crippen molar-refractivity contribution in [3.63, 3.8) is 0 Å². The van der Waals surface area contributed by atoms with Gasteiger partial charge in [0, 0.05) is 28.2 Å². The van der Waals surface area contributed by atoms with Gasteiger partial charge in [0.25, 0.3) is 0 Å². The second-order valence-corrected chi connectivity index (χ2v) is 16.8. The molecule has 0 aliphatic heterocycles. The molecule has 0 heterocycles. The Bertz CT molecular complexity index is 1540. The van der Waals surface area contributed by atoms with E-state index in [2.05, 4.69) is 205 Å². The van der Waals surface area contributed by atoms with E-state index in [9.17, 15) is 0 Å². The quantitative estimate of drug-likeness (QED) is 0.0797. The normalized spacial score (nSPS) is 12.9. The second kappa shape index (κ2) is 17.5. The molecule has 0 spiro atoms. The molecule has 242 valence electrons. The number of hydrogen-bond acceptors (Lipinski definition) is 2. The highest BCUT2D eigenvalue weighted by atomic mass is 31.1. The average molecular weight is 665 g/mol. The Morgan fingerprint density at radius 2 is 0.583 bits per heavy atom. The lowest BCUT2D eigenvalue weighted by Crippen LogP contribution is -2.30. The Labute approximate surface area is 290 Å². The average Bonchev–Trinajstić information content (AvgIpc) is 3.16. The molecule has 0 aromatic heterocycles. The van der Waals surface area contributed by atoms with Crippen LogP contribution in [-0.2, 0) is 0 Å². The molecule has 0 amide bonds. The SMILES string of the molecule is CN(C(CCCCC(c1ccccc1)N(C)P(c1ccccc1)c1ccccc1)c1ccccc1)P(c1ccccc1)c1ccccc1. The van der Waals surface area contributed by atoms with Gasteiger partial charge in [-0.2, -0.15) is 0 Å². The molecule has 0 saturated carbocycles. The molecule has 6 rings (SSSR count). The molecular weight excluding hydrogens is 618 g/mol. The van der Waals surface area contributed by atoms with Gasteiger partial charge in [-0.1, -0.05) is 195 Å². The molecule has 2 atom stereocenters. The van der Waals surface area contributed by atoms with Crippen molar-refractivity contribution in [3.8, 4) is 0 Å². The topological polar surface area (TPSA) is 6.48 Å². The van der Waals surface area contributed by atoms with E-state index < -0.39 is 16.1 Å². The van der Waals surface area contributed by atoms with E-state index in [0.29, 0.717) is 12.1 Å². The standard InChI is InChI=1S/C44H46N2P2/c1-45(47(39-27-13-5-14-28-39)40-29-15-6-16-30-40)43(37-23-9-3-10-24-37)35-21-22-36-44(38-25-11-4-12-26-38)46(2)48(41-31-17-7-18-32-41)42-33-19-8-20-34-42/h3-20,23-34,43-44H,21-22,35-36H2,1-2H3. The highest BCUT2D eigenvalue weighted by molar-refractivity contribution is 7.71. The first kappa shape index (κ1) is 34.0. The maximum absolute atomic E-state index is 2.67. The number of hydrogen-bond donors (Lipinski definition) is 0. The summed E-state index contributed by atoms with van der Waals surface area (Å²) in [6.07, 6.45) is 4.53. The maximum Gasteiger partial charge on any atom is 0.0387 e. The van der Waals surface area contributed by atoms with Crippen molar-refractivity contribution in [2.45, 2.75) is 37.8 Å². The summed E-state index contributed by atoms with van der Waals surface area (Å²) in [7, 11) is 3.31. The van der Waals surface area contributed by atoms with Crippen LogP contribution in [0, 0.1) is 0 Å². The summed E-state index contributed by atoms with van der Waals surface area (Å²) in [6, 6.07) is 67.3. The van der Waals surface area contributed by atoms with Crippen LogP contribution >= 0.6 is 16.1 Å². The Kier molecular flexibility index (Phi) is 12.4. The predicted molar refractivity (Wildman–Crippen MR) is 211 cm³/mol.